The van der Waals surface area contributed by atoms with Crippen LogP contribution >= 0.6 is 15.9 Å². The summed E-state index contributed by atoms with van der Waals surface area (Å²) in [5, 5.41) is 15.8. The van der Waals surface area contributed by atoms with Gasteiger partial charge in [-0.05, 0) is 24.1 Å². The maximum atomic E-state index is 14.0. The molecule has 1 aromatic carbocycles. The molecule has 120 valence electrons. The van der Waals surface area contributed by atoms with E-state index in [1.807, 2.05) is 0 Å². The van der Waals surface area contributed by atoms with Gasteiger partial charge >= 0.3 is 5.97 Å². The fraction of sp³-hybridized carbons (Fsp3) is 0.286. The molecule has 9 heteroatoms. The molecule has 2 heterocycles. The molecule has 0 unspecified atom stereocenters. The van der Waals surface area contributed by atoms with Gasteiger partial charge in [-0.1, -0.05) is 21.1 Å². The molecule has 0 aliphatic carbocycles. The van der Waals surface area contributed by atoms with E-state index in [9.17, 15) is 14.0 Å². The van der Waals surface area contributed by atoms with Crippen LogP contribution in [0.4, 0.5) is 4.39 Å². The van der Waals surface area contributed by atoms with Crippen LogP contribution in [0.3, 0.4) is 0 Å². The molecule has 3 rings (SSSR count). The molecular weight excluding hydrogens is 371 g/mol. The van der Waals surface area contributed by atoms with Gasteiger partial charge in [0.2, 0.25) is 5.91 Å². The van der Waals surface area contributed by atoms with Gasteiger partial charge in [-0.15, -0.1) is 5.10 Å². The number of rotatable bonds is 3. The smallest absolute Gasteiger partial charge is 0.358 e. The van der Waals surface area contributed by atoms with E-state index in [1.54, 1.807) is 6.07 Å². The first-order valence-electron chi connectivity index (χ1n) is 6.82. The molecule has 1 amide bonds. The van der Waals surface area contributed by atoms with Crippen molar-refractivity contribution in [2.24, 2.45) is 0 Å². The summed E-state index contributed by atoms with van der Waals surface area (Å²) in [6, 6.07) is 3.03. The molecule has 0 radical (unpaired) electrons. The second-order valence-electron chi connectivity index (χ2n) is 5.16. The number of benzene rings is 1. The van der Waals surface area contributed by atoms with Crippen LogP contribution in [-0.2, 0) is 24.3 Å². The Balaban J connectivity index is 1.74. The summed E-state index contributed by atoms with van der Waals surface area (Å²) >= 11 is 3.40. The molecule has 0 saturated carbocycles. The number of carboxylic acid groups (broad SMARTS) is 1. The molecule has 1 aromatic heterocycles. The summed E-state index contributed by atoms with van der Waals surface area (Å²) in [5.41, 5.74) is 1.16. The van der Waals surface area contributed by atoms with Crippen LogP contribution < -0.4 is 0 Å². The topological polar surface area (TPSA) is 88.3 Å². The molecule has 7 nitrogen and oxygen atoms in total. The molecule has 1 aliphatic heterocycles. The van der Waals surface area contributed by atoms with Crippen molar-refractivity contribution in [3.8, 4) is 0 Å². The van der Waals surface area contributed by atoms with E-state index >= 15 is 0 Å². The highest BCUT2D eigenvalue weighted by Crippen LogP contribution is 2.28. The van der Waals surface area contributed by atoms with E-state index in [0.29, 0.717) is 18.5 Å². The van der Waals surface area contributed by atoms with Crippen molar-refractivity contribution >= 4 is 27.8 Å². The molecule has 2 aromatic rings. The van der Waals surface area contributed by atoms with Crippen LogP contribution in [0.15, 0.2) is 22.8 Å². The third-order valence-corrected chi connectivity index (χ3v) is 4.45. The zero-order chi connectivity index (χ0) is 16.6. The number of carbonyl (C=O) groups excluding carboxylic acids is 1. The van der Waals surface area contributed by atoms with Gasteiger partial charge in [-0.2, -0.15) is 0 Å². The maximum Gasteiger partial charge on any atom is 0.358 e. The Kier molecular flexibility index (Phi) is 4.12. The number of carbonyl (C=O) groups is 2. The highest BCUT2D eigenvalue weighted by molar-refractivity contribution is 9.10. The first kappa shape index (κ1) is 15.6. The van der Waals surface area contributed by atoms with E-state index in [2.05, 4.69) is 26.2 Å². The third kappa shape index (κ3) is 3.09. The molecule has 0 atom stereocenters. The highest BCUT2D eigenvalue weighted by Gasteiger charge is 2.25. The monoisotopic (exact) mass is 382 g/mol. The lowest BCUT2D eigenvalue weighted by molar-refractivity contribution is -0.133. The van der Waals surface area contributed by atoms with Gasteiger partial charge in [0.25, 0.3) is 0 Å². The average molecular weight is 383 g/mol. The fourth-order valence-corrected chi connectivity index (χ4v) is 3.09. The van der Waals surface area contributed by atoms with Gasteiger partial charge in [0.1, 0.15) is 12.4 Å². The minimum Gasteiger partial charge on any atom is -0.476 e. The Morgan fingerprint density at radius 3 is 2.83 bits per heavy atom. The summed E-state index contributed by atoms with van der Waals surface area (Å²) in [5.74, 6) is -1.81. The minimum absolute atomic E-state index is 0.134. The molecule has 23 heavy (non-hydrogen) atoms. The van der Waals surface area contributed by atoms with Gasteiger partial charge in [0, 0.05) is 23.1 Å². The Hall–Kier alpha value is -2.29. The van der Waals surface area contributed by atoms with Gasteiger partial charge in [0.15, 0.2) is 5.69 Å². The minimum atomic E-state index is -1.21. The number of amides is 1. The van der Waals surface area contributed by atoms with Crippen molar-refractivity contribution in [3.05, 3.63) is 45.4 Å². The SMILES string of the molecule is O=C(O)c1cn(CC(=O)N2CCc3c(Br)ccc(F)c3C2)nn1. The lowest BCUT2D eigenvalue weighted by Crippen LogP contribution is -2.38. The zero-order valence-electron chi connectivity index (χ0n) is 11.9. The zero-order valence-corrected chi connectivity index (χ0v) is 13.5. The largest absolute Gasteiger partial charge is 0.476 e. The van der Waals surface area contributed by atoms with Crippen molar-refractivity contribution in [1.29, 1.82) is 0 Å². The van der Waals surface area contributed by atoms with Crippen LogP contribution in [0, 0.1) is 5.82 Å². The third-order valence-electron chi connectivity index (χ3n) is 3.71. The second kappa shape index (κ2) is 6.07. The lowest BCUT2D eigenvalue weighted by Gasteiger charge is -2.29. The quantitative estimate of drug-likeness (QED) is 0.867. The number of aromatic nitrogens is 3. The number of nitrogens with zero attached hydrogens (tertiary/aromatic N) is 4. The van der Waals surface area contributed by atoms with Gasteiger partial charge in [-0.3, -0.25) is 4.79 Å². The standard InChI is InChI=1S/C14H12BrFN4O3/c15-10-1-2-11(16)9-5-19(4-3-8(9)10)13(21)7-20-6-12(14(22)23)17-18-20/h1-2,6H,3-5,7H2,(H,22,23). The van der Waals surface area contributed by atoms with E-state index in [4.69, 9.17) is 5.11 Å². The number of hydrogen-bond acceptors (Lipinski definition) is 4. The first-order chi connectivity index (χ1) is 11.0. The molecular formula is C14H12BrFN4O3. The molecule has 0 spiro atoms. The predicted octanol–water partition coefficient (Wildman–Crippen LogP) is 1.46. The van der Waals surface area contributed by atoms with Crippen LogP contribution in [0.5, 0.6) is 0 Å². The van der Waals surface area contributed by atoms with Crippen LogP contribution in [0.2, 0.25) is 0 Å². The number of carboxylic acids is 1. The van der Waals surface area contributed by atoms with E-state index < -0.39 is 5.97 Å². The molecule has 0 fully saturated rings. The fourth-order valence-electron chi connectivity index (χ4n) is 2.52. The van der Waals surface area contributed by atoms with Gasteiger partial charge < -0.3 is 10.0 Å². The Bertz CT molecular complexity index is 792. The number of aromatic carboxylic acids is 1. The van der Waals surface area contributed by atoms with Crippen molar-refractivity contribution < 1.29 is 19.1 Å². The summed E-state index contributed by atoms with van der Waals surface area (Å²) in [6.45, 7) is 0.513. The van der Waals surface area contributed by atoms with Crippen molar-refractivity contribution in [3.63, 3.8) is 0 Å². The molecule has 0 saturated heterocycles. The molecule has 0 bridgehead atoms. The Morgan fingerprint density at radius 1 is 1.35 bits per heavy atom. The summed E-state index contributed by atoms with van der Waals surface area (Å²) < 4.78 is 16.0. The highest BCUT2D eigenvalue weighted by atomic mass is 79.9. The Labute approximate surface area is 138 Å². The van der Waals surface area contributed by atoms with Gasteiger partial charge in [-0.25, -0.2) is 13.9 Å². The maximum absolute atomic E-state index is 14.0. The molecule has 1 aliphatic rings. The van der Waals surface area contributed by atoms with Crippen molar-refractivity contribution in [2.45, 2.75) is 19.5 Å². The van der Waals surface area contributed by atoms with Gasteiger partial charge in [0.05, 0.1) is 6.20 Å². The summed E-state index contributed by atoms with van der Waals surface area (Å²) in [7, 11) is 0. The number of fused-ring (bicyclic) bond motifs is 1. The van der Waals surface area contributed by atoms with E-state index in [-0.39, 0.29) is 30.5 Å². The first-order valence-corrected chi connectivity index (χ1v) is 7.62. The summed E-state index contributed by atoms with van der Waals surface area (Å²) in [4.78, 5) is 24.6. The normalized spacial score (nSPS) is 13.7. The predicted molar refractivity (Wildman–Crippen MR) is 80.2 cm³/mol. The lowest BCUT2D eigenvalue weighted by atomic mass is 9.99. The van der Waals surface area contributed by atoms with Crippen molar-refractivity contribution in [2.75, 3.05) is 6.54 Å². The van der Waals surface area contributed by atoms with Crippen LogP contribution in [0.1, 0.15) is 21.6 Å². The molecule has 1 N–H and O–H groups in total. The van der Waals surface area contributed by atoms with Crippen LogP contribution in [0.25, 0.3) is 0 Å². The van der Waals surface area contributed by atoms with Crippen LogP contribution in [-0.4, -0.2) is 43.4 Å². The summed E-state index contributed by atoms with van der Waals surface area (Å²) in [6.07, 6.45) is 1.74. The number of halogens is 2. The Morgan fingerprint density at radius 2 is 2.13 bits per heavy atom. The van der Waals surface area contributed by atoms with E-state index in [0.717, 1.165) is 10.0 Å². The second-order valence-corrected chi connectivity index (χ2v) is 6.01. The van der Waals surface area contributed by atoms with E-state index in [1.165, 1.54) is 21.8 Å². The average Bonchev–Trinajstić information content (AvgIpc) is 2.99. The number of hydrogen-bond donors (Lipinski definition) is 1. The van der Waals surface area contributed by atoms with Crippen molar-refractivity contribution in [1.82, 2.24) is 19.9 Å².